The van der Waals surface area contributed by atoms with E-state index in [0.717, 1.165) is 40.5 Å². The molecule has 0 bridgehead atoms. The summed E-state index contributed by atoms with van der Waals surface area (Å²) in [5.74, 6) is 7.61. The molecule has 1 saturated carbocycles. The van der Waals surface area contributed by atoms with Crippen molar-refractivity contribution in [2.45, 2.75) is 24.4 Å². The van der Waals surface area contributed by atoms with Crippen molar-refractivity contribution in [2.24, 2.45) is 5.73 Å². The smallest absolute Gasteiger partial charge is 0.229 e. The van der Waals surface area contributed by atoms with Crippen molar-refractivity contribution in [1.29, 1.82) is 0 Å². The molecule has 7 nitrogen and oxygen atoms in total. The molecule has 1 aliphatic carbocycles. The first-order valence-electron chi connectivity index (χ1n) is 10.2. The topological polar surface area (TPSA) is 99.4 Å². The van der Waals surface area contributed by atoms with E-state index < -0.39 is 5.41 Å². The van der Waals surface area contributed by atoms with Crippen LogP contribution in [-0.4, -0.2) is 42.2 Å². The third-order valence-corrected chi connectivity index (χ3v) is 5.83. The number of aromatic nitrogens is 2. The van der Waals surface area contributed by atoms with Crippen LogP contribution >= 0.6 is 0 Å². The van der Waals surface area contributed by atoms with Crippen LogP contribution in [0.15, 0.2) is 42.7 Å². The Kier molecular flexibility index (Phi) is 4.72. The standard InChI is InChI=1S/C24H22N4O3/c1-26-22-20-12-27-21(24(8-9-24)23(25)29)10-19(20)16(11-28-22)5-2-15-3-6-17(7-4-15)31-18-13-30-14-18/h3-4,6-7,10-12,18H,8-9,13-14H2,1H3,(H2,25,29)(H,26,28). The van der Waals surface area contributed by atoms with E-state index in [1.807, 2.05) is 37.4 Å². The van der Waals surface area contributed by atoms with E-state index in [9.17, 15) is 4.79 Å². The minimum absolute atomic E-state index is 0.137. The van der Waals surface area contributed by atoms with Crippen LogP contribution in [0.4, 0.5) is 5.82 Å². The van der Waals surface area contributed by atoms with Crippen LogP contribution in [0.1, 0.15) is 29.7 Å². The number of primary amides is 1. The third-order valence-electron chi connectivity index (χ3n) is 5.83. The van der Waals surface area contributed by atoms with E-state index in [2.05, 4.69) is 27.1 Å². The molecule has 1 saturated heterocycles. The number of nitrogens with two attached hydrogens (primary N) is 1. The molecule has 1 aliphatic heterocycles. The molecule has 5 rings (SSSR count). The van der Waals surface area contributed by atoms with Crippen molar-refractivity contribution in [2.75, 3.05) is 25.6 Å². The molecular weight excluding hydrogens is 392 g/mol. The van der Waals surface area contributed by atoms with Gasteiger partial charge in [0.2, 0.25) is 5.91 Å². The maximum absolute atomic E-state index is 12.0. The van der Waals surface area contributed by atoms with Crippen molar-refractivity contribution in [3.8, 4) is 17.6 Å². The molecule has 0 radical (unpaired) electrons. The first-order chi connectivity index (χ1) is 15.1. The summed E-state index contributed by atoms with van der Waals surface area (Å²) in [5.41, 5.74) is 7.33. The van der Waals surface area contributed by atoms with Crippen LogP contribution < -0.4 is 15.8 Å². The number of hydrogen-bond donors (Lipinski definition) is 2. The number of fused-ring (bicyclic) bond motifs is 1. The molecule has 31 heavy (non-hydrogen) atoms. The normalized spacial score (nSPS) is 16.7. The number of carbonyl (C=O) groups excluding carboxylic acids is 1. The Morgan fingerprint density at radius 3 is 2.55 bits per heavy atom. The minimum atomic E-state index is -0.650. The molecule has 3 heterocycles. The lowest BCUT2D eigenvalue weighted by molar-refractivity contribution is -0.120. The van der Waals surface area contributed by atoms with E-state index in [1.165, 1.54) is 0 Å². The number of nitrogens with one attached hydrogen (secondary N) is 1. The highest BCUT2D eigenvalue weighted by Crippen LogP contribution is 2.47. The van der Waals surface area contributed by atoms with Gasteiger partial charge in [0.05, 0.1) is 29.9 Å². The monoisotopic (exact) mass is 414 g/mol. The molecule has 1 aromatic carbocycles. The average Bonchev–Trinajstić information content (AvgIpc) is 3.57. The fourth-order valence-electron chi connectivity index (χ4n) is 3.68. The summed E-state index contributed by atoms with van der Waals surface area (Å²) in [6.45, 7) is 1.27. The van der Waals surface area contributed by atoms with Gasteiger partial charge in [0.25, 0.3) is 0 Å². The van der Waals surface area contributed by atoms with Gasteiger partial charge >= 0.3 is 0 Å². The van der Waals surface area contributed by atoms with E-state index in [1.54, 1.807) is 12.4 Å². The zero-order valence-corrected chi connectivity index (χ0v) is 17.1. The fraction of sp³-hybridized carbons (Fsp3) is 0.292. The van der Waals surface area contributed by atoms with Gasteiger partial charge < -0.3 is 20.5 Å². The number of rotatable bonds is 5. The molecule has 0 spiro atoms. The Balaban J connectivity index is 1.49. The lowest BCUT2D eigenvalue weighted by Crippen LogP contribution is -2.38. The van der Waals surface area contributed by atoms with Crippen molar-refractivity contribution in [3.63, 3.8) is 0 Å². The number of pyridine rings is 2. The number of amides is 1. The van der Waals surface area contributed by atoms with Crippen LogP contribution in [0.3, 0.4) is 0 Å². The summed E-state index contributed by atoms with van der Waals surface area (Å²) in [7, 11) is 1.81. The van der Waals surface area contributed by atoms with Gasteiger partial charge in [-0.15, -0.1) is 0 Å². The molecule has 156 valence electrons. The molecule has 2 fully saturated rings. The summed E-state index contributed by atoms with van der Waals surface area (Å²) >= 11 is 0. The van der Waals surface area contributed by atoms with Gasteiger partial charge in [0, 0.05) is 35.8 Å². The molecule has 0 atom stereocenters. The third kappa shape index (κ3) is 3.56. The lowest BCUT2D eigenvalue weighted by atomic mass is 9.98. The minimum Gasteiger partial charge on any atom is -0.486 e. The Hall–Kier alpha value is -3.63. The quantitative estimate of drug-likeness (QED) is 0.622. The van der Waals surface area contributed by atoms with Crippen LogP contribution in [0.2, 0.25) is 0 Å². The van der Waals surface area contributed by atoms with Crippen LogP contribution in [0, 0.1) is 11.8 Å². The molecule has 3 N–H and O–H groups in total. The Morgan fingerprint density at radius 2 is 1.94 bits per heavy atom. The molecule has 7 heteroatoms. The van der Waals surface area contributed by atoms with Crippen molar-refractivity contribution >= 4 is 22.5 Å². The van der Waals surface area contributed by atoms with E-state index in [-0.39, 0.29) is 12.0 Å². The zero-order chi connectivity index (χ0) is 21.4. The van der Waals surface area contributed by atoms with Gasteiger partial charge in [-0.05, 0) is 43.2 Å². The Labute approximate surface area is 180 Å². The van der Waals surface area contributed by atoms with Gasteiger partial charge in [-0.3, -0.25) is 9.78 Å². The zero-order valence-electron chi connectivity index (χ0n) is 17.1. The van der Waals surface area contributed by atoms with Gasteiger partial charge in [-0.1, -0.05) is 11.8 Å². The molecule has 0 unspecified atom stereocenters. The van der Waals surface area contributed by atoms with E-state index in [0.29, 0.717) is 24.7 Å². The number of ether oxygens (including phenoxy) is 2. The number of benzene rings is 1. The number of nitrogens with zero attached hydrogens (tertiary/aromatic N) is 2. The van der Waals surface area contributed by atoms with Crippen molar-refractivity contribution in [1.82, 2.24) is 9.97 Å². The number of hydrogen-bond acceptors (Lipinski definition) is 6. The first kappa shape index (κ1) is 19.3. The maximum atomic E-state index is 12.0. The maximum Gasteiger partial charge on any atom is 0.229 e. The molecule has 3 aromatic rings. The van der Waals surface area contributed by atoms with E-state index in [4.69, 9.17) is 15.2 Å². The largest absolute Gasteiger partial charge is 0.486 e. The number of anilines is 1. The Bertz CT molecular complexity index is 1220. The van der Waals surface area contributed by atoms with Crippen molar-refractivity contribution in [3.05, 3.63) is 59.5 Å². The SMILES string of the molecule is CNc1ncc(C#Cc2ccc(OC3COC3)cc2)c2cc(C3(C(N)=O)CC3)ncc12. The predicted octanol–water partition coefficient (Wildman–Crippen LogP) is 2.37. The van der Waals surface area contributed by atoms with Gasteiger partial charge in [-0.2, -0.15) is 0 Å². The summed E-state index contributed by atoms with van der Waals surface area (Å²) in [6, 6.07) is 9.61. The second kappa shape index (κ2) is 7.56. The molecule has 1 amide bonds. The summed E-state index contributed by atoms with van der Waals surface area (Å²) in [6.07, 6.45) is 5.08. The number of carbonyl (C=O) groups is 1. The van der Waals surface area contributed by atoms with Crippen LogP contribution in [-0.2, 0) is 14.9 Å². The fourth-order valence-corrected chi connectivity index (χ4v) is 3.68. The van der Waals surface area contributed by atoms with Gasteiger partial charge in [-0.25, -0.2) is 4.98 Å². The second-order valence-electron chi connectivity index (χ2n) is 7.88. The first-order valence-corrected chi connectivity index (χ1v) is 10.2. The predicted molar refractivity (Wildman–Crippen MR) is 117 cm³/mol. The second-order valence-corrected chi connectivity index (χ2v) is 7.88. The molecular formula is C24H22N4O3. The summed E-state index contributed by atoms with van der Waals surface area (Å²) < 4.78 is 10.9. The lowest BCUT2D eigenvalue weighted by Gasteiger charge is -2.26. The highest BCUT2D eigenvalue weighted by atomic mass is 16.6. The van der Waals surface area contributed by atoms with Crippen molar-refractivity contribution < 1.29 is 14.3 Å². The van der Waals surface area contributed by atoms with Gasteiger partial charge in [0.1, 0.15) is 17.7 Å². The van der Waals surface area contributed by atoms with E-state index >= 15 is 0 Å². The highest BCUT2D eigenvalue weighted by molar-refractivity contribution is 5.97. The molecule has 2 aromatic heterocycles. The highest BCUT2D eigenvalue weighted by Gasteiger charge is 2.51. The molecule has 2 aliphatic rings. The Morgan fingerprint density at radius 1 is 1.16 bits per heavy atom. The van der Waals surface area contributed by atoms with Gasteiger partial charge in [0.15, 0.2) is 0 Å². The average molecular weight is 414 g/mol. The van der Waals surface area contributed by atoms with Crippen LogP contribution in [0.5, 0.6) is 5.75 Å². The summed E-state index contributed by atoms with van der Waals surface area (Å²) in [4.78, 5) is 21.0. The van der Waals surface area contributed by atoms with Crippen LogP contribution in [0.25, 0.3) is 10.8 Å². The summed E-state index contributed by atoms with van der Waals surface area (Å²) in [5, 5.41) is 4.83.